The Labute approximate surface area is 104 Å². The molecule has 5 heteroatoms. The van der Waals surface area contributed by atoms with Crippen LogP contribution in [0.5, 0.6) is 0 Å². The highest BCUT2D eigenvalue weighted by Gasteiger charge is 2.32. The van der Waals surface area contributed by atoms with E-state index in [0.717, 1.165) is 13.1 Å². The number of amides is 1. The van der Waals surface area contributed by atoms with Crippen molar-refractivity contribution in [3.63, 3.8) is 0 Å². The van der Waals surface area contributed by atoms with Gasteiger partial charge in [-0.15, -0.1) is 0 Å². The fraction of sp³-hybridized carbons (Fsp3) is 0.917. The summed E-state index contributed by atoms with van der Waals surface area (Å²) in [6, 6.07) is -0.438. The summed E-state index contributed by atoms with van der Waals surface area (Å²) in [5, 5.41) is 8.85. The first-order chi connectivity index (χ1) is 7.86. The lowest BCUT2D eigenvalue weighted by molar-refractivity contribution is -0.136. The minimum atomic E-state index is -0.438. The van der Waals surface area contributed by atoms with Gasteiger partial charge in [0, 0.05) is 32.7 Å². The first kappa shape index (κ1) is 14.4. The van der Waals surface area contributed by atoms with Gasteiger partial charge in [-0.25, -0.2) is 0 Å². The molecule has 0 aromatic heterocycles. The van der Waals surface area contributed by atoms with E-state index in [1.807, 2.05) is 25.7 Å². The van der Waals surface area contributed by atoms with E-state index in [-0.39, 0.29) is 17.9 Å². The van der Waals surface area contributed by atoms with Gasteiger partial charge in [0.05, 0.1) is 12.6 Å². The van der Waals surface area contributed by atoms with E-state index in [1.54, 1.807) is 0 Å². The maximum atomic E-state index is 12.1. The Hall–Kier alpha value is -0.650. The summed E-state index contributed by atoms with van der Waals surface area (Å²) < 4.78 is 0. The molecule has 1 heterocycles. The lowest BCUT2D eigenvalue weighted by Gasteiger charge is -2.38. The number of hydrogen-bond donors (Lipinski definition) is 2. The second-order valence-corrected chi connectivity index (χ2v) is 5.73. The quantitative estimate of drug-likeness (QED) is 0.701. The third-order valence-corrected chi connectivity index (χ3v) is 3.30. The normalized spacial score (nSPS) is 20.4. The van der Waals surface area contributed by atoms with Crippen molar-refractivity contribution in [1.29, 1.82) is 0 Å². The number of aliphatic hydroxyl groups is 1. The molecule has 0 saturated carbocycles. The summed E-state index contributed by atoms with van der Waals surface area (Å²) in [7, 11) is 0. The van der Waals surface area contributed by atoms with Crippen molar-refractivity contribution in [2.75, 3.05) is 39.3 Å². The van der Waals surface area contributed by atoms with Crippen molar-refractivity contribution in [3.8, 4) is 0 Å². The summed E-state index contributed by atoms with van der Waals surface area (Å²) in [5.41, 5.74) is 5.78. The average Bonchev–Trinajstić information content (AvgIpc) is 2.27. The molecule has 5 nitrogen and oxygen atoms in total. The Morgan fingerprint density at radius 3 is 2.24 bits per heavy atom. The largest absolute Gasteiger partial charge is 0.395 e. The van der Waals surface area contributed by atoms with Gasteiger partial charge in [0.25, 0.3) is 0 Å². The molecule has 1 aliphatic heterocycles. The van der Waals surface area contributed by atoms with Gasteiger partial charge < -0.3 is 15.7 Å². The first-order valence-corrected chi connectivity index (χ1v) is 6.24. The van der Waals surface area contributed by atoms with E-state index in [1.165, 1.54) is 0 Å². The molecule has 1 atom stereocenters. The molecule has 1 unspecified atom stereocenters. The Morgan fingerprint density at radius 2 is 1.82 bits per heavy atom. The van der Waals surface area contributed by atoms with Crippen molar-refractivity contribution < 1.29 is 9.90 Å². The molecule has 1 fully saturated rings. The van der Waals surface area contributed by atoms with Gasteiger partial charge in [-0.1, -0.05) is 20.8 Å². The maximum absolute atomic E-state index is 12.1. The summed E-state index contributed by atoms with van der Waals surface area (Å²) in [6.07, 6.45) is 0. The fourth-order valence-corrected chi connectivity index (χ4v) is 1.90. The smallest absolute Gasteiger partial charge is 0.240 e. The SMILES string of the molecule is CC(C)(C)C(N)C(=O)N1CCN(CCO)CC1. The number of aliphatic hydroxyl groups excluding tert-OH is 1. The number of nitrogens with two attached hydrogens (primary N) is 1. The molecule has 0 aromatic carbocycles. The van der Waals surface area contributed by atoms with E-state index < -0.39 is 6.04 Å². The Morgan fingerprint density at radius 1 is 1.29 bits per heavy atom. The van der Waals surface area contributed by atoms with Crippen molar-refractivity contribution in [1.82, 2.24) is 9.80 Å². The molecular weight excluding hydrogens is 218 g/mol. The van der Waals surface area contributed by atoms with E-state index in [4.69, 9.17) is 10.8 Å². The topological polar surface area (TPSA) is 69.8 Å². The Kier molecular flexibility index (Phi) is 4.91. The van der Waals surface area contributed by atoms with Gasteiger partial charge in [0.2, 0.25) is 5.91 Å². The Balaban J connectivity index is 2.46. The minimum Gasteiger partial charge on any atom is -0.395 e. The van der Waals surface area contributed by atoms with E-state index >= 15 is 0 Å². The predicted molar refractivity (Wildman–Crippen MR) is 67.5 cm³/mol. The zero-order valence-electron chi connectivity index (χ0n) is 11.1. The van der Waals surface area contributed by atoms with Crippen LogP contribution < -0.4 is 5.73 Å². The molecule has 100 valence electrons. The van der Waals surface area contributed by atoms with Crippen LogP contribution in [-0.2, 0) is 4.79 Å². The van der Waals surface area contributed by atoms with Crippen LogP contribution in [0.4, 0.5) is 0 Å². The average molecular weight is 243 g/mol. The number of β-amino-alcohol motifs (C(OH)–C–C–N with tert-alkyl or cyclic N) is 1. The highest BCUT2D eigenvalue weighted by Crippen LogP contribution is 2.19. The second kappa shape index (κ2) is 5.80. The number of carbonyl (C=O) groups is 1. The predicted octanol–water partition coefficient (Wildman–Crippen LogP) is -0.504. The molecule has 17 heavy (non-hydrogen) atoms. The van der Waals surface area contributed by atoms with E-state index in [0.29, 0.717) is 19.6 Å². The highest BCUT2D eigenvalue weighted by molar-refractivity contribution is 5.82. The van der Waals surface area contributed by atoms with Crippen LogP contribution in [0, 0.1) is 5.41 Å². The highest BCUT2D eigenvalue weighted by atomic mass is 16.3. The zero-order chi connectivity index (χ0) is 13.1. The van der Waals surface area contributed by atoms with Crippen LogP contribution in [0.25, 0.3) is 0 Å². The second-order valence-electron chi connectivity index (χ2n) is 5.73. The number of rotatable bonds is 3. The Bertz CT molecular complexity index is 255. The van der Waals surface area contributed by atoms with Crippen LogP contribution >= 0.6 is 0 Å². The van der Waals surface area contributed by atoms with Gasteiger partial charge in [-0.05, 0) is 5.41 Å². The molecule has 1 aliphatic rings. The van der Waals surface area contributed by atoms with Crippen LogP contribution in [-0.4, -0.2) is 66.2 Å². The molecule has 0 aromatic rings. The molecule has 0 spiro atoms. The number of hydrogen-bond acceptors (Lipinski definition) is 4. The van der Waals surface area contributed by atoms with Crippen LogP contribution in [0.1, 0.15) is 20.8 Å². The summed E-state index contributed by atoms with van der Waals surface area (Å²) in [6.45, 7) is 9.88. The fourth-order valence-electron chi connectivity index (χ4n) is 1.90. The molecule has 1 amide bonds. The van der Waals surface area contributed by atoms with Crippen molar-refractivity contribution >= 4 is 5.91 Å². The van der Waals surface area contributed by atoms with Crippen molar-refractivity contribution in [2.45, 2.75) is 26.8 Å². The molecule has 0 aliphatic carbocycles. The summed E-state index contributed by atoms with van der Waals surface area (Å²) in [4.78, 5) is 16.1. The molecule has 1 rings (SSSR count). The molecule has 0 radical (unpaired) electrons. The van der Waals surface area contributed by atoms with Crippen molar-refractivity contribution in [3.05, 3.63) is 0 Å². The van der Waals surface area contributed by atoms with E-state index in [2.05, 4.69) is 4.90 Å². The number of carbonyl (C=O) groups excluding carboxylic acids is 1. The van der Waals surface area contributed by atoms with Crippen LogP contribution in [0.3, 0.4) is 0 Å². The molecule has 1 saturated heterocycles. The van der Waals surface area contributed by atoms with Gasteiger partial charge in [-0.3, -0.25) is 9.69 Å². The number of piperazine rings is 1. The first-order valence-electron chi connectivity index (χ1n) is 6.24. The molecule has 3 N–H and O–H groups in total. The van der Waals surface area contributed by atoms with Crippen LogP contribution in [0.15, 0.2) is 0 Å². The van der Waals surface area contributed by atoms with Gasteiger partial charge in [0.15, 0.2) is 0 Å². The lowest BCUT2D eigenvalue weighted by Crippen LogP contribution is -2.56. The summed E-state index contributed by atoms with van der Waals surface area (Å²) in [5.74, 6) is 0.0427. The lowest BCUT2D eigenvalue weighted by atomic mass is 9.86. The van der Waals surface area contributed by atoms with Gasteiger partial charge in [0.1, 0.15) is 0 Å². The molecular formula is C12H25N3O2. The maximum Gasteiger partial charge on any atom is 0.240 e. The monoisotopic (exact) mass is 243 g/mol. The zero-order valence-corrected chi connectivity index (χ0v) is 11.1. The summed E-state index contributed by atoms with van der Waals surface area (Å²) >= 11 is 0. The standard InChI is InChI=1S/C12H25N3O2/c1-12(2,3)10(13)11(17)15-6-4-14(5-7-15)8-9-16/h10,16H,4-9,13H2,1-3H3. The third kappa shape index (κ3) is 3.94. The molecule has 0 bridgehead atoms. The third-order valence-electron chi connectivity index (χ3n) is 3.30. The van der Waals surface area contributed by atoms with Gasteiger partial charge in [-0.2, -0.15) is 0 Å². The van der Waals surface area contributed by atoms with Crippen LogP contribution in [0.2, 0.25) is 0 Å². The number of nitrogens with zero attached hydrogens (tertiary/aromatic N) is 2. The minimum absolute atomic E-state index is 0.0427. The van der Waals surface area contributed by atoms with Crippen molar-refractivity contribution in [2.24, 2.45) is 11.1 Å². The van der Waals surface area contributed by atoms with Gasteiger partial charge >= 0.3 is 0 Å². The van der Waals surface area contributed by atoms with E-state index in [9.17, 15) is 4.79 Å².